The van der Waals surface area contributed by atoms with Crippen LogP contribution in [0.2, 0.25) is 0 Å². The molecule has 3 unspecified atom stereocenters. The molecule has 0 saturated carbocycles. The monoisotopic (exact) mass is 548 g/mol. The molecule has 5 rings (SSSR count). The molecule has 0 aromatic heterocycles. The summed E-state index contributed by atoms with van der Waals surface area (Å²) in [7, 11) is 31.3. The number of carbonyl (C=O) groups excluding carboxylic acids is 3. The summed E-state index contributed by atoms with van der Waals surface area (Å²) in [6.07, 6.45) is -0.508. The number of anilines is 1. The molecule has 0 spiro atoms. The number of ether oxygens (including phenoxy) is 1. The standard InChI is InChI=1S/C25H22B5FN4O6/c26-22(8-7-17(36)32-21(22)38)35-20(37)13-3-1-6-16(18(13)25(35,30)40)33-23(27,28)14-4-2-5-15(19(14)31)24(29,39)34-9-11-41-12-10-34/h1-6,33,39-40H,7-12H2,(H,32,36,38). The normalized spacial score (nSPS) is 26.8. The summed E-state index contributed by atoms with van der Waals surface area (Å²) in [5, 5.41) is 25.1. The lowest BCUT2D eigenvalue weighted by Crippen LogP contribution is -2.68. The Morgan fingerprint density at radius 1 is 1.02 bits per heavy atom. The van der Waals surface area contributed by atoms with E-state index >= 15 is 4.39 Å². The van der Waals surface area contributed by atoms with Crippen LogP contribution in [0.25, 0.3) is 0 Å². The summed E-state index contributed by atoms with van der Waals surface area (Å²) in [6, 6.07) is 8.11. The van der Waals surface area contributed by atoms with Crippen molar-refractivity contribution in [3.63, 3.8) is 0 Å². The van der Waals surface area contributed by atoms with Gasteiger partial charge in [-0.2, -0.15) is 0 Å². The van der Waals surface area contributed by atoms with Crippen molar-refractivity contribution in [2.75, 3.05) is 31.6 Å². The van der Waals surface area contributed by atoms with E-state index in [0.29, 0.717) is 18.1 Å². The van der Waals surface area contributed by atoms with Gasteiger partial charge in [0.05, 0.1) is 40.0 Å². The Kier molecular flexibility index (Phi) is 7.21. The van der Waals surface area contributed by atoms with Gasteiger partial charge in [0.15, 0.2) is 7.85 Å². The number of nitrogens with zero attached hydrogens (tertiary/aromatic N) is 2. The number of amides is 3. The first kappa shape index (κ1) is 29.4. The maximum Gasteiger partial charge on any atom is 0.256 e. The zero-order valence-electron chi connectivity index (χ0n) is 21.9. The molecule has 10 radical (unpaired) electrons. The maximum atomic E-state index is 15.9. The van der Waals surface area contributed by atoms with Gasteiger partial charge in [0, 0.05) is 41.9 Å². The molecule has 2 saturated heterocycles. The average molecular weight is 548 g/mol. The van der Waals surface area contributed by atoms with Gasteiger partial charge < -0.3 is 25.2 Å². The second kappa shape index (κ2) is 10.0. The first-order valence-electron chi connectivity index (χ1n) is 12.7. The van der Waals surface area contributed by atoms with Crippen LogP contribution in [0.4, 0.5) is 10.1 Å². The van der Waals surface area contributed by atoms with Crippen LogP contribution in [0.1, 0.15) is 39.9 Å². The molecule has 3 heterocycles. The van der Waals surface area contributed by atoms with Crippen molar-refractivity contribution in [1.82, 2.24) is 15.1 Å². The predicted molar refractivity (Wildman–Crippen MR) is 148 cm³/mol. The molecule has 2 aromatic rings. The van der Waals surface area contributed by atoms with E-state index in [0.717, 1.165) is 0 Å². The third-order valence-electron chi connectivity index (χ3n) is 7.66. The molecule has 3 aliphatic rings. The van der Waals surface area contributed by atoms with Gasteiger partial charge in [0.1, 0.15) is 27.1 Å². The summed E-state index contributed by atoms with van der Waals surface area (Å²) in [6.45, 7) is 1.07. The van der Waals surface area contributed by atoms with E-state index in [1.54, 1.807) is 0 Å². The summed E-state index contributed by atoms with van der Waals surface area (Å²) in [4.78, 5) is 39.9. The molecule has 200 valence electrons. The molecule has 10 nitrogen and oxygen atoms in total. The van der Waals surface area contributed by atoms with E-state index < -0.39 is 45.6 Å². The molecular weight excluding hydrogens is 525 g/mol. The van der Waals surface area contributed by atoms with Crippen molar-refractivity contribution in [3.8, 4) is 0 Å². The minimum Gasteiger partial charge on any atom is -0.392 e. The van der Waals surface area contributed by atoms with Crippen LogP contribution in [0.3, 0.4) is 0 Å². The van der Waals surface area contributed by atoms with Gasteiger partial charge in [-0.1, -0.05) is 24.3 Å². The van der Waals surface area contributed by atoms with Crippen LogP contribution in [-0.2, 0) is 30.9 Å². The molecule has 3 aliphatic heterocycles. The lowest BCUT2D eigenvalue weighted by Gasteiger charge is -2.47. The van der Waals surface area contributed by atoms with Crippen molar-refractivity contribution in [2.45, 2.75) is 34.9 Å². The fourth-order valence-electron chi connectivity index (χ4n) is 5.53. The Hall–Kier alpha value is -3.06. The van der Waals surface area contributed by atoms with Crippen molar-refractivity contribution >= 4 is 62.6 Å². The van der Waals surface area contributed by atoms with Gasteiger partial charge in [-0.05, 0) is 29.5 Å². The highest BCUT2D eigenvalue weighted by atomic mass is 19.1. The number of hydrogen-bond acceptors (Lipinski definition) is 8. The van der Waals surface area contributed by atoms with E-state index in [2.05, 4.69) is 10.6 Å². The van der Waals surface area contributed by atoms with Crippen molar-refractivity contribution in [3.05, 3.63) is 64.5 Å². The summed E-state index contributed by atoms with van der Waals surface area (Å²) >= 11 is 0. The molecule has 2 aromatic carbocycles. The zero-order valence-corrected chi connectivity index (χ0v) is 21.9. The predicted octanol–water partition coefficient (Wildman–Crippen LogP) is -1.98. The van der Waals surface area contributed by atoms with Crippen LogP contribution in [0.5, 0.6) is 0 Å². The Balaban J connectivity index is 1.51. The number of halogens is 1. The van der Waals surface area contributed by atoms with Gasteiger partial charge in [0.2, 0.25) is 11.8 Å². The second-order valence-electron chi connectivity index (χ2n) is 10.4. The van der Waals surface area contributed by atoms with Gasteiger partial charge in [-0.3, -0.25) is 24.6 Å². The highest BCUT2D eigenvalue weighted by molar-refractivity contribution is 6.41. The fourth-order valence-corrected chi connectivity index (χ4v) is 5.53. The molecule has 0 aliphatic carbocycles. The van der Waals surface area contributed by atoms with Gasteiger partial charge >= 0.3 is 0 Å². The van der Waals surface area contributed by atoms with Gasteiger partial charge in [0.25, 0.3) is 5.91 Å². The number of carbonyl (C=O) groups is 3. The molecule has 3 amide bonds. The zero-order chi connectivity index (χ0) is 30.0. The number of rotatable bonds is 6. The Morgan fingerprint density at radius 2 is 1.66 bits per heavy atom. The molecule has 2 fully saturated rings. The smallest absolute Gasteiger partial charge is 0.256 e. The topological polar surface area (TPSA) is 131 Å². The molecule has 16 heteroatoms. The number of fused-ring (bicyclic) bond motifs is 1. The summed E-state index contributed by atoms with van der Waals surface area (Å²) < 4.78 is 21.2. The molecule has 3 atom stereocenters. The summed E-state index contributed by atoms with van der Waals surface area (Å²) in [5.41, 5.74) is -8.11. The Labute approximate surface area is 242 Å². The number of benzene rings is 2. The van der Waals surface area contributed by atoms with E-state index in [4.69, 9.17) is 44.0 Å². The van der Waals surface area contributed by atoms with Crippen LogP contribution < -0.4 is 10.6 Å². The molecule has 4 N–H and O–H groups in total. The Morgan fingerprint density at radius 3 is 2.32 bits per heavy atom. The van der Waals surface area contributed by atoms with E-state index in [1.807, 2.05) is 0 Å². The van der Waals surface area contributed by atoms with Crippen molar-refractivity contribution in [1.29, 1.82) is 0 Å². The van der Waals surface area contributed by atoms with Gasteiger partial charge in [-0.25, -0.2) is 4.39 Å². The highest BCUT2D eigenvalue weighted by Gasteiger charge is 2.57. The molecule has 41 heavy (non-hydrogen) atoms. The number of imide groups is 1. The van der Waals surface area contributed by atoms with Crippen LogP contribution in [-0.4, -0.2) is 109 Å². The van der Waals surface area contributed by atoms with E-state index in [9.17, 15) is 24.6 Å². The first-order valence-corrected chi connectivity index (χ1v) is 12.7. The highest BCUT2D eigenvalue weighted by Crippen LogP contribution is 2.45. The molecule has 0 bridgehead atoms. The summed E-state index contributed by atoms with van der Waals surface area (Å²) in [5.74, 6) is -3.51. The number of morpholine rings is 1. The fraction of sp³-hybridized carbons (Fsp3) is 0.400. The van der Waals surface area contributed by atoms with Crippen molar-refractivity contribution in [2.24, 2.45) is 0 Å². The lowest BCUT2D eigenvalue weighted by atomic mass is 9.57. The maximum absolute atomic E-state index is 15.9. The third-order valence-corrected chi connectivity index (χ3v) is 7.66. The Bertz CT molecular complexity index is 1440. The van der Waals surface area contributed by atoms with E-state index in [1.165, 1.54) is 41.3 Å². The molecular formula is C25H22B5FN4O6. The number of nitrogens with one attached hydrogen (secondary N) is 2. The first-order chi connectivity index (χ1) is 19.1. The number of piperidine rings is 1. The average Bonchev–Trinajstić information content (AvgIpc) is 3.12. The SMILES string of the molecule is [B]C([B])(Nc1cccc2c1C([B])(O)N(C1([B])CCC(=O)NC1=O)C2=O)c1cccc(C([B])(O)N2CCOCC2)c1F. The largest absolute Gasteiger partial charge is 0.392 e. The second-order valence-corrected chi connectivity index (χ2v) is 10.4. The quantitative estimate of drug-likeness (QED) is 0.242. The van der Waals surface area contributed by atoms with Crippen LogP contribution in [0, 0.1) is 5.82 Å². The third kappa shape index (κ3) is 4.70. The van der Waals surface area contributed by atoms with E-state index in [-0.39, 0.29) is 53.9 Å². The lowest BCUT2D eigenvalue weighted by molar-refractivity contribution is -0.144. The van der Waals surface area contributed by atoms with Crippen molar-refractivity contribution < 1.29 is 33.7 Å². The van der Waals surface area contributed by atoms with Crippen LogP contribution >= 0.6 is 0 Å². The van der Waals surface area contributed by atoms with Crippen LogP contribution in [0.15, 0.2) is 36.4 Å². The number of aliphatic hydroxyl groups is 2. The minimum atomic E-state index is -2.67. The number of hydrogen-bond donors (Lipinski definition) is 4. The minimum absolute atomic E-state index is 0.0785. The van der Waals surface area contributed by atoms with Gasteiger partial charge in [-0.15, -0.1) is 0 Å².